The van der Waals surface area contributed by atoms with E-state index in [4.69, 9.17) is 0 Å². The molecule has 1 aromatic rings. The van der Waals surface area contributed by atoms with Gasteiger partial charge in [0, 0.05) is 18.3 Å². The van der Waals surface area contributed by atoms with Gasteiger partial charge in [-0.15, -0.1) is 0 Å². The summed E-state index contributed by atoms with van der Waals surface area (Å²) in [5.41, 5.74) is 1.02. The number of anilines is 1. The van der Waals surface area contributed by atoms with E-state index in [1.165, 1.54) is 12.8 Å². The Labute approximate surface area is 60.3 Å². The van der Waals surface area contributed by atoms with E-state index < -0.39 is 0 Å². The minimum absolute atomic E-state index is 0.695. The number of nitrogens with zero attached hydrogens (tertiary/aromatic N) is 1. The molecule has 1 radical (unpaired) electrons. The van der Waals surface area contributed by atoms with Crippen LogP contribution >= 0.6 is 0 Å². The van der Waals surface area contributed by atoms with Crippen LogP contribution in [0, 0.1) is 6.07 Å². The second kappa shape index (κ2) is 2.29. The Bertz CT molecular complexity index is 204. The van der Waals surface area contributed by atoms with Gasteiger partial charge in [-0.1, -0.05) is 0 Å². The summed E-state index contributed by atoms with van der Waals surface area (Å²) in [6.45, 7) is 0. The van der Waals surface area contributed by atoms with Gasteiger partial charge >= 0.3 is 0 Å². The highest BCUT2D eigenvalue weighted by atomic mass is 15.0. The van der Waals surface area contributed by atoms with Gasteiger partial charge in [-0.05, 0) is 18.9 Å². The summed E-state index contributed by atoms with van der Waals surface area (Å²) in [5.74, 6) is 0. The summed E-state index contributed by atoms with van der Waals surface area (Å²) in [6, 6.07) is 5.59. The van der Waals surface area contributed by atoms with Gasteiger partial charge in [-0.3, -0.25) is 4.98 Å². The fraction of sp³-hybridized carbons (Fsp3) is 0.375. The Morgan fingerprint density at radius 2 is 2.50 bits per heavy atom. The average molecular weight is 133 g/mol. The van der Waals surface area contributed by atoms with Gasteiger partial charge in [0.2, 0.25) is 0 Å². The summed E-state index contributed by atoms with van der Waals surface area (Å²) in [6.07, 6.45) is 6.13. The molecule has 1 saturated carbocycles. The number of rotatable bonds is 2. The van der Waals surface area contributed by atoms with Crippen LogP contribution in [-0.4, -0.2) is 11.0 Å². The van der Waals surface area contributed by atoms with Crippen LogP contribution in [0.2, 0.25) is 0 Å². The lowest BCUT2D eigenvalue weighted by Crippen LogP contribution is -2.00. The van der Waals surface area contributed by atoms with Crippen molar-refractivity contribution < 1.29 is 0 Å². The molecule has 1 N–H and O–H groups in total. The largest absolute Gasteiger partial charge is 0.381 e. The van der Waals surface area contributed by atoms with Gasteiger partial charge in [0.25, 0.3) is 0 Å². The zero-order valence-electron chi connectivity index (χ0n) is 5.67. The summed E-state index contributed by atoms with van der Waals surface area (Å²) in [4.78, 5) is 3.97. The zero-order valence-corrected chi connectivity index (χ0v) is 5.67. The summed E-state index contributed by atoms with van der Waals surface area (Å²) >= 11 is 0. The maximum atomic E-state index is 3.97. The van der Waals surface area contributed by atoms with E-state index in [2.05, 4.69) is 16.4 Å². The highest BCUT2D eigenvalue weighted by Gasteiger charge is 2.20. The Morgan fingerprint density at radius 3 is 3.10 bits per heavy atom. The van der Waals surface area contributed by atoms with Gasteiger partial charge in [-0.25, -0.2) is 0 Å². The molecule has 2 nitrogen and oxygen atoms in total. The molecule has 0 aromatic carbocycles. The molecule has 0 aliphatic heterocycles. The third-order valence-electron chi connectivity index (χ3n) is 1.54. The van der Waals surface area contributed by atoms with E-state index in [9.17, 15) is 0 Å². The van der Waals surface area contributed by atoms with Crippen LogP contribution in [0.4, 0.5) is 5.69 Å². The fourth-order valence-electron chi connectivity index (χ4n) is 0.851. The minimum Gasteiger partial charge on any atom is -0.381 e. The molecule has 10 heavy (non-hydrogen) atoms. The molecule has 51 valence electrons. The number of nitrogens with one attached hydrogen (secondary N) is 1. The summed E-state index contributed by atoms with van der Waals surface area (Å²) in [7, 11) is 0. The normalized spacial score (nSPS) is 16.8. The highest BCUT2D eigenvalue weighted by Crippen LogP contribution is 2.23. The quantitative estimate of drug-likeness (QED) is 0.660. The van der Waals surface area contributed by atoms with Crippen molar-refractivity contribution in [2.45, 2.75) is 18.9 Å². The lowest BCUT2D eigenvalue weighted by atomic mass is 10.4. The summed E-state index contributed by atoms with van der Waals surface area (Å²) < 4.78 is 0. The fourth-order valence-corrected chi connectivity index (χ4v) is 0.851. The lowest BCUT2D eigenvalue weighted by Gasteiger charge is -1.99. The second-order valence-electron chi connectivity index (χ2n) is 2.57. The maximum Gasteiger partial charge on any atom is 0.0609 e. The third kappa shape index (κ3) is 1.26. The van der Waals surface area contributed by atoms with E-state index in [1.807, 2.05) is 6.07 Å². The van der Waals surface area contributed by atoms with E-state index in [-0.39, 0.29) is 0 Å². The first-order valence-corrected chi connectivity index (χ1v) is 3.53. The van der Waals surface area contributed by atoms with Crippen LogP contribution in [0.5, 0.6) is 0 Å². The predicted molar refractivity (Wildman–Crippen MR) is 39.7 cm³/mol. The Morgan fingerprint density at radius 1 is 1.60 bits per heavy atom. The Balaban J connectivity index is 2.03. The second-order valence-corrected chi connectivity index (χ2v) is 2.57. The topological polar surface area (TPSA) is 24.9 Å². The SMILES string of the molecule is [c]1ccncc1NC1CC1. The first-order chi connectivity index (χ1) is 4.95. The molecular formula is C8H9N2. The molecule has 0 unspecified atom stereocenters. The van der Waals surface area contributed by atoms with Crippen LogP contribution in [0.3, 0.4) is 0 Å². The molecular weight excluding hydrogens is 124 g/mol. The van der Waals surface area contributed by atoms with Gasteiger partial charge < -0.3 is 5.32 Å². The molecule has 1 aromatic heterocycles. The number of hydrogen-bond donors (Lipinski definition) is 1. The average Bonchev–Trinajstić information content (AvgIpc) is 2.74. The number of pyridine rings is 1. The van der Waals surface area contributed by atoms with Crippen molar-refractivity contribution in [1.82, 2.24) is 4.98 Å². The molecule has 0 saturated heterocycles. The third-order valence-corrected chi connectivity index (χ3v) is 1.54. The van der Waals surface area contributed by atoms with E-state index in [0.29, 0.717) is 6.04 Å². The van der Waals surface area contributed by atoms with E-state index in [1.54, 1.807) is 12.4 Å². The molecule has 1 fully saturated rings. The van der Waals surface area contributed by atoms with Crippen LogP contribution in [0.15, 0.2) is 18.5 Å². The zero-order chi connectivity index (χ0) is 6.81. The van der Waals surface area contributed by atoms with Gasteiger partial charge in [0.1, 0.15) is 0 Å². The van der Waals surface area contributed by atoms with Gasteiger partial charge in [0.05, 0.1) is 11.9 Å². The predicted octanol–water partition coefficient (Wildman–Crippen LogP) is 1.46. The van der Waals surface area contributed by atoms with Crippen molar-refractivity contribution in [2.24, 2.45) is 0 Å². The highest BCUT2D eigenvalue weighted by molar-refractivity contribution is 5.40. The first kappa shape index (κ1) is 5.71. The minimum atomic E-state index is 0.695. The number of aromatic nitrogens is 1. The van der Waals surface area contributed by atoms with Crippen molar-refractivity contribution in [3.63, 3.8) is 0 Å². The van der Waals surface area contributed by atoms with E-state index in [0.717, 1.165) is 5.69 Å². The van der Waals surface area contributed by atoms with Crippen molar-refractivity contribution in [2.75, 3.05) is 5.32 Å². The maximum absolute atomic E-state index is 3.97. The van der Waals surface area contributed by atoms with Crippen molar-refractivity contribution in [3.8, 4) is 0 Å². The Kier molecular flexibility index (Phi) is 1.31. The molecule has 1 heterocycles. The van der Waals surface area contributed by atoms with Gasteiger partial charge in [0.15, 0.2) is 0 Å². The molecule has 2 rings (SSSR count). The molecule has 0 spiro atoms. The van der Waals surface area contributed by atoms with Crippen LogP contribution in [0.1, 0.15) is 12.8 Å². The first-order valence-electron chi connectivity index (χ1n) is 3.53. The standard InChI is InChI=1S/C8H9N2/c1-2-8(6-9-5-1)10-7-3-4-7/h1,5-7,10H,3-4H2. The smallest absolute Gasteiger partial charge is 0.0609 e. The molecule has 2 heteroatoms. The summed E-state index contributed by atoms with van der Waals surface area (Å²) in [5, 5.41) is 3.30. The van der Waals surface area contributed by atoms with Crippen LogP contribution in [-0.2, 0) is 0 Å². The van der Waals surface area contributed by atoms with Gasteiger partial charge in [-0.2, -0.15) is 0 Å². The van der Waals surface area contributed by atoms with Crippen molar-refractivity contribution in [3.05, 3.63) is 24.5 Å². The molecule has 1 aliphatic rings. The lowest BCUT2D eigenvalue weighted by molar-refractivity contribution is 1.14. The molecule has 0 amide bonds. The van der Waals surface area contributed by atoms with E-state index >= 15 is 0 Å². The van der Waals surface area contributed by atoms with Crippen LogP contribution < -0.4 is 5.32 Å². The van der Waals surface area contributed by atoms with Crippen molar-refractivity contribution in [1.29, 1.82) is 0 Å². The monoisotopic (exact) mass is 133 g/mol. The molecule has 0 atom stereocenters. The molecule has 1 aliphatic carbocycles. The molecule has 0 bridgehead atoms. The van der Waals surface area contributed by atoms with Crippen LogP contribution in [0.25, 0.3) is 0 Å². The number of hydrogen-bond acceptors (Lipinski definition) is 2. The Hall–Kier alpha value is -1.05. The van der Waals surface area contributed by atoms with Crippen molar-refractivity contribution >= 4 is 5.69 Å².